The summed E-state index contributed by atoms with van der Waals surface area (Å²) in [7, 11) is 0. The maximum atomic E-state index is 6.15. The first-order valence-corrected chi connectivity index (χ1v) is 14.7. The highest BCUT2D eigenvalue weighted by atomic mass is 32.1. The average molecular weight is 540 g/mol. The van der Waals surface area contributed by atoms with Gasteiger partial charge in [-0.05, 0) is 76.5 Å². The Morgan fingerprint density at radius 3 is 2.29 bits per heavy atom. The Morgan fingerprint density at radius 1 is 0.488 bits per heavy atom. The maximum Gasteiger partial charge on any atom is 0.135 e. The van der Waals surface area contributed by atoms with Gasteiger partial charge in [0.25, 0.3) is 0 Å². The molecule has 0 saturated carbocycles. The Hall–Kier alpha value is -5.12. The highest BCUT2D eigenvalue weighted by molar-refractivity contribution is 7.25. The number of furan rings is 1. The number of aromatic nitrogens is 1. The molecule has 190 valence electrons. The van der Waals surface area contributed by atoms with E-state index >= 15 is 0 Å². The summed E-state index contributed by atoms with van der Waals surface area (Å²) in [5.74, 6) is 0. The van der Waals surface area contributed by atoms with E-state index in [1.54, 1.807) is 0 Å². The van der Waals surface area contributed by atoms with Gasteiger partial charge in [-0.25, -0.2) is 0 Å². The van der Waals surface area contributed by atoms with Gasteiger partial charge in [0.15, 0.2) is 0 Å². The van der Waals surface area contributed by atoms with Crippen LogP contribution in [-0.4, -0.2) is 4.57 Å². The van der Waals surface area contributed by atoms with Crippen LogP contribution >= 0.6 is 11.3 Å². The minimum atomic E-state index is 0.918. The highest BCUT2D eigenvalue weighted by Gasteiger charge is 2.20. The van der Waals surface area contributed by atoms with E-state index in [-0.39, 0.29) is 0 Å². The first-order valence-electron chi connectivity index (χ1n) is 13.9. The molecule has 2 nitrogen and oxygen atoms in total. The standard InChI is InChI=1S/C38H21NOS/c1-3-10-33-26(7-1)29-21-24(14-18-34(29)40-33)39-31-9-5-6-22-12-15-28-25(16-17-32(39)38(28)37(22)31)23-13-19-36-30(20-23)27-8-2-4-11-35(27)41-36/h1-21H. The molecule has 0 aliphatic rings. The van der Waals surface area contributed by atoms with Crippen molar-refractivity contribution in [2.75, 3.05) is 0 Å². The summed E-state index contributed by atoms with van der Waals surface area (Å²) in [6, 6.07) is 46.4. The lowest BCUT2D eigenvalue weighted by Gasteiger charge is -2.10. The molecule has 0 bridgehead atoms. The van der Waals surface area contributed by atoms with Gasteiger partial charge in [0.2, 0.25) is 0 Å². The number of nitrogens with zero attached hydrogens (tertiary/aromatic N) is 1. The summed E-state index contributed by atoms with van der Waals surface area (Å²) in [6.45, 7) is 0. The second kappa shape index (κ2) is 7.75. The first kappa shape index (κ1) is 21.7. The Kier molecular flexibility index (Phi) is 4.10. The van der Waals surface area contributed by atoms with Crippen molar-refractivity contribution < 1.29 is 4.42 Å². The molecule has 41 heavy (non-hydrogen) atoms. The molecule has 0 saturated heterocycles. The van der Waals surface area contributed by atoms with E-state index in [4.69, 9.17) is 4.42 Å². The molecule has 3 heteroatoms. The molecular weight excluding hydrogens is 518 g/mol. The van der Waals surface area contributed by atoms with Crippen molar-refractivity contribution in [1.82, 2.24) is 4.57 Å². The maximum absolute atomic E-state index is 6.15. The van der Waals surface area contributed by atoms with E-state index in [1.807, 2.05) is 23.5 Å². The molecule has 0 N–H and O–H groups in total. The lowest BCUT2D eigenvalue weighted by molar-refractivity contribution is 0.669. The normalized spacial score (nSPS) is 12.4. The van der Waals surface area contributed by atoms with E-state index in [0.29, 0.717) is 0 Å². The second-order valence-corrected chi connectivity index (χ2v) is 12.0. The summed E-state index contributed by atoms with van der Waals surface area (Å²) >= 11 is 1.87. The van der Waals surface area contributed by atoms with Crippen LogP contribution in [0.4, 0.5) is 0 Å². The summed E-state index contributed by atoms with van der Waals surface area (Å²) in [4.78, 5) is 0. The van der Waals surface area contributed by atoms with Crippen molar-refractivity contribution in [2.45, 2.75) is 0 Å². The summed E-state index contributed by atoms with van der Waals surface area (Å²) < 4.78 is 11.2. The van der Waals surface area contributed by atoms with Gasteiger partial charge in [-0.15, -0.1) is 11.3 Å². The summed E-state index contributed by atoms with van der Waals surface area (Å²) in [5, 5.41) is 10.2. The first-order chi connectivity index (χ1) is 20.3. The largest absolute Gasteiger partial charge is 0.456 e. The number of hydrogen-bond donors (Lipinski definition) is 0. The molecule has 10 rings (SSSR count). The third-order valence-corrected chi connectivity index (χ3v) is 9.92. The van der Waals surface area contributed by atoms with Gasteiger partial charge in [-0.2, -0.15) is 0 Å². The van der Waals surface area contributed by atoms with E-state index in [2.05, 4.69) is 120 Å². The van der Waals surface area contributed by atoms with Gasteiger partial charge in [0.1, 0.15) is 11.2 Å². The van der Waals surface area contributed by atoms with Crippen LogP contribution in [0, 0.1) is 0 Å². The van der Waals surface area contributed by atoms with E-state index in [0.717, 1.165) is 27.6 Å². The quantitative estimate of drug-likeness (QED) is 0.200. The molecule has 0 atom stereocenters. The molecule has 10 aromatic rings. The molecule has 3 heterocycles. The Bertz CT molecular complexity index is 2650. The number of hydrogen-bond acceptors (Lipinski definition) is 2. The van der Waals surface area contributed by atoms with Crippen molar-refractivity contribution in [2.24, 2.45) is 0 Å². The number of thiophene rings is 1. The van der Waals surface area contributed by atoms with Crippen molar-refractivity contribution in [3.63, 3.8) is 0 Å². The Balaban J connectivity index is 1.27. The zero-order valence-electron chi connectivity index (χ0n) is 21.9. The molecule has 0 amide bonds. The van der Waals surface area contributed by atoms with Crippen molar-refractivity contribution in [3.05, 3.63) is 127 Å². The lowest BCUT2D eigenvalue weighted by atomic mass is 9.94. The fourth-order valence-corrected chi connectivity index (χ4v) is 8.05. The molecule has 0 spiro atoms. The average Bonchev–Trinajstić information content (AvgIpc) is 3.69. The van der Waals surface area contributed by atoms with Crippen LogP contribution in [0.15, 0.2) is 132 Å². The van der Waals surface area contributed by atoms with Crippen molar-refractivity contribution >= 4 is 86.0 Å². The molecule has 0 aliphatic heterocycles. The Labute approximate surface area is 238 Å². The van der Waals surface area contributed by atoms with Crippen molar-refractivity contribution in [3.8, 4) is 16.8 Å². The molecule has 0 unspecified atom stereocenters. The van der Waals surface area contributed by atoms with E-state index in [1.165, 1.54) is 63.9 Å². The minimum absolute atomic E-state index is 0.918. The monoisotopic (exact) mass is 539 g/mol. The van der Waals surface area contributed by atoms with Crippen LogP contribution in [0.5, 0.6) is 0 Å². The van der Waals surface area contributed by atoms with Crippen LogP contribution in [0.25, 0.3) is 91.5 Å². The molecular formula is C38H21NOS. The molecule has 0 radical (unpaired) electrons. The van der Waals surface area contributed by atoms with Gasteiger partial charge in [-0.1, -0.05) is 72.8 Å². The predicted octanol–water partition coefficient (Wildman–Crippen LogP) is 11.3. The number of rotatable bonds is 2. The Morgan fingerprint density at radius 2 is 1.32 bits per heavy atom. The third-order valence-electron chi connectivity index (χ3n) is 8.77. The van der Waals surface area contributed by atoms with Gasteiger partial charge in [0.05, 0.1) is 11.0 Å². The molecule has 7 aromatic carbocycles. The van der Waals surface area contributed by atoms with Gasteiger partial charge in [-0.3, -0.25) is 0 Å². The SMILES string of the molecule is c1ccc2c(c1)oc1ccc(-n3c4cccc5ccc6c(-c7ccc8sc9ccccc9c8c7)ccc3c6c54)cc12. The predicted molar refractivity (Wildman–Crippen MR) is 175 cm³/mol. The van der Waals surface area contributed by atoms with Gasteiger partial charge in [0, 0.05) is 47.4 Å². The third kappa shape index (κ3) is 2.86. The number of benzene rings is 7. The smallest absolute Gasteiger partial charge is 0.135 e. The van der Waals surface area contributed by atoms with E-state index in [9.17, 15) is 0 Å². The fourth-order valence-electron chi connectivity index (χ4n) is 6.96. The van der Waals surface area contributed by atoms with Crippen LogP contribution in [0.1, 0.15) is 0 Å². The minimum Gasteiger partial charge on any atom is -0.456 e. The molecule has 0 aliphatic carbocycles. The highest BCUT2D eigenvalue weighted by Crippen LogP contribution is 2.44. The van der Waals surface area contributed by atoms with E-state index < -0.39 is 0 Å². The second-order valence-electron chi connectivity index (χ2n) is 10.9. The summed E-state index contributed by atoms with van der Waals surface area (Å²) in [6.07, 6.45) is 0. The fraction of sp³-hybridized carbons (Fsp3) is 0. The molecule has 0 fully saturated rings. The van der Waals surface area contributed by atoms with Crippen LogP contribution < -0.4 is 0 Å². The molecule has 3 aromatic heterocycles. The van der Waals surface area contributed by atoms with Crippen LogP contribution in [-0.2, 0) is 0 Å². The zero-order chi connectivity index (χ0) is 26.7. The lowest BCUT2D eigenvalue weighted by Crippen LogP contribution is -1.93. The zero-order valence-corrected chi connectivity index (χ0v) is 22.7. The van der Waals surface area contributed by atoms with Crippen LogP contribution in [0.3, 0.4) is 0 Å². The van der Waals surface area contributed by atoms with Crippen molar-refractivity contribution in [1.29, 1.82) is 0 Å². The topological polar surface area (TPSA) is 18.1 Å². The van der Waals surface area contributed by atoms with Gasteiger partial charge >= 0.3 is 0 Å². The number of fused-ring (bicyclic) bond motifs is 6. The van der Waals surface area contributed by atoms with Gasteiger partial charge < -0.3 is 8.98 Å². The summed E-state index contributed by atoms with van der Waals surface area (Å²) in [5.41, 5.74) is 7.98. The van der Waals surface area contributed by atoms with Crippen LogP contribution in [0.2, 0.25) is 0 Å². The number of para-hydroxylation sites is 1.